The quantitative estimate of drug-likeness (QED) is 0.470. The Labute approximate surface area is 144 Å². The number of nitrogens with zero attached hydrogens (tertiary/aromatic N) is 1. The molecule has 0 bridgehead atoms. The van der Waals surface area contributed by atoms with Crippen LogP contribution in [0.4, 0.5) is 0 Å². The van der Waals surface area contributed by atoms with Crippen molar-refractivity contribution in [2.45, 2.75) is 0 Å². The van der Waals surface area contributed by atoms with Crippen LogP contribution < -0.4 is 10.6 Å². The van der Waals surface area contributed by atoms with Crippen molar-refractivity contribution in [1.82, 2.24) is 0 Å². The maximum absolute atomic E-state index is 13.6. The zero-order valence-electron chi connectivity index (χ0n) is 12.3. The fourth-order valence-corrected chi connectivity index (χ4v) is 4.52. The van der Waals surface area contributed by atoms with E-state index in [0.29, 0.717) is 0 Å². The summed E-state index contributed by atoms with van der Waals surface area (Å²) in [7, 11) is -3.04. The summed E-state index contributed by atoms with van der Waals surface area (Å²) < 4.78 is 19.2. The molecule has 0 radical (unpaired) electrons. The van der Waals surface area contributed by atoms with Gasteiger partial charge < -0.3 is 0 Å². The molecule has 0 heterocycles. The van der Waals surface area contributed by atoms with Crippen LogP contribution in [0, 0.1) is 0 Å². The molecule has 0 aromatic heterocycles. The molecular weight excluding hydrogens is 369 g/mol. The Morgan fingerprint density at radius 2 is 1.22 bits per heavy atom. The second-order valence-electron chi connectivity index (χ2n) is 5.04. The van der Waals surface area contributed by atoms with Crippen molar-refractivity contribution in [3.63, 3.8) is 0 Å². The van der Waals surface area contributed by atoms with Gasteiger partial charge in [0.05, 0.1) is 0 Å². The summed E-state index contributed by atoms with van der Waals surface area (Å²) in [6.07, 6.45) is 1.69. The minimum absolute atomic E-state index is 0.736. The lowest BCUT2D eigenvalue weighted by Crippen LogP contribution is -2.14. The van der Waals surface area contributed by atoms with Crippen LogP contribution in [-0.2, 0) is 4.57 Å². The first-order chi connectivity index (χ1) is 11.2. The summed E-state index contributed by atoms with van der Waals surface area (Å²) in [6.45, 7) is 0. The maximum Gasteiger partial charge on any atom is 0.247 e. The van der Waals surface area contributed by atoms with Gasteiger partial charge in [0.2, 0.25) is 7.29 Å². The zero-order valence-corrected chi connectivity index (χ0v) is 14.8. The van der Waals surface area contributed by atoms with Crippen molar-refractivity contribution in [2.75, 3.05) is 0 Å². The molecule has 0 saturated heterocycles. The standard InChI is InChI=1S/C19H15BrNOP/c20-17-13-11-16(12-14-17)15-21-23(22,18-7-3-1-4-8-18)19-9-5-2-6-10-19/h1-15H/b21-15+. The molecule has 3 aromatic carbocycles. The van der Waals surface area contributed by atoms with Crippen LogP contribution in [0.25, 0.3) is 0 Å². The third kappa shape index (κ3) is 3.69. The third-order valence-electron chi connectivity index (χ3n) is 3.45. The molecule has 114 valence electrons. The maximum atomic E-state index is 13.6. The van der Waals surface area contributed by atoms with Gasteiger partial charge >= 0.3 is 0 Å². The van der Waals surface area contributed by atoms with Gasteiger partial charge in [0.1, 0.15) is 0 Å². The molecule has 2 nitrogen and oxygen atoms in total. The van der Waals surface area contributed by atoms with Crippen LogP contribution in [0.3, 0.4) is 0 Å². The third-order valence-corrected chi connectivity index (χ3v) is 6.42. The second-order valence-corrected chi connectivity index (χ2v) is 8.37. The van der Waals surface area contributed by atoms with Crippen molar-refractivity contribution in [1.29, 1.82) is 0 Å². The molecule has 4 heteroatoms. The highest BCUT2D eigenvalue weighted by atomic mass is 79.9. The van der Waals surface area contributed by atoms with Gasteiger partial charge in [-0.3, -0.25) is 4.57 Å². The van der Waals surface area contributed by atoms with Gasteiger partial charge in [-0.25, -0.2) is 4.76 Å². The van der Waals surface area contributed by atoms with Gasteiger partial charge in [0.25, 0.3) is 0 Å². The van der Waals surface area contributed by atoms with Gasteiger partial charge in [0, 0.05) is 21.3 Å². The molecule has 0 fully saturated rings. The summed E-state index contributed by atoms with van der Waals surface area (Å²) in [6, 6.07) is 26.6. The first kappa shape index (κ1) is 15.9. The van der Waals surface area contributed by atoms with E-state index < -0.39 is 7.29 Å². The second kappa shape index (κ2) is 7.08. The minimum Gasteiger partial charge on any atom is -0.288 e. The highest BCUT2D eigenvalue weighted by Gasteiger charge is 2.25. The summed E-state index contributed by atoms with van der Waals surface area (Å²) in [5, 5.41) is 1.47. The van der Waals surface area contributed by atoms with Crippen molar-refractivity contribution in [3.8, 4) is 0 Å². The highest BCUT2D eigenvalue weighted by Crippen LogP contribution is 2.44. The normalized spacial score (nSPS) is 11.7. The molecule has 0 aliphatic carbocycles. The number of halogens is 1. The van der Waals surface area contributed by atoms with E-state index in [0.717, 1.165) is 20.6 Å². The molecule has 0 aliphatic rings. The average molecular weight is 384 g/mol. The van der Waals surface area contributed by atoms with Crippen molar-refractivity contribution >= 4 is 40.0 Å². The lowest BCUT2D eigenvalue weighted by atomic mass is 10.2. The molecule has 0 saturated carbocycles. The summed E-state index contributed by atoms with van der Waals surface area (Å²) >= 11 is 3.41. The van der Waals surface area contributed by atoms with Crippen LogP contribution in [0.1, 0.15) is 5.56 Å². The smallest absolute Gasteiger partial charge is 0.247 e. The summed E-state index contributed by atoms with van der Waals surface area (Å²) in [5.41, 5.74) is 0.917. The lowest BCUT2D eigenvalue weighted by Gasteiger charge is -2.14. The van der Waals surface area contributed by atoms with Crippen molar-refractivity contribution in [3.05, 3.63) is 95.0 Å². The fourth-order valence-electron chi connectivity index (χ4n) is 2.24. The molecule has 3 aromatic rings. The fraction of sp³-hybridized carbons (Fsp3) is 0. The number of benzene rings is 3. The van der Waals surface area contributed by atoms with Crippen molar-refractivity contribution in [2.24, 2.45) is 4.76 Å². The molecule has 0 aliphatic heterocycles. The topological polar surface area (TPSA) is 29.4 Å². The van der Waals surface area contributed by atoms with E-state index in [1.54, 1.807) is 6.21 Å². The highest BCUT2D eigenvalue weighted by molar-refractivity contribution is 9.10. The van der Waals surface area contributed by atoms with Crippen LogP contribution >= 0.6 is 23.2 Å². The minimum atomic E-state index is -3.04. The first-order valence-electron chi connectivity index (χ1n) is 7.21. The Morgan fingerprint density at radius 1 is 0.739 bits per heavy atom. The molecular formula is C19H15BrNOP. The molecule has 0 unspecified atom stereocenters. The van der Waals surface area contributed by atoms with E-state index in [-0.39, 0.29) is 0 Å². The van der Waals surface area contributed by atoms with E-state index in [9.17, 15) is 4.57 Å². The monoisotopic (exact) mass is 383 g/mol. The van der Waals surface area contributed by atoms with Crippen LogP contribution in [0.2, 0.25) is 0 Å². The Bertz CT molecular complexity index is 802. The SMILES string of the molecule is O=P(/N=C/c1ccc(Br)cc1)(c1ccccc1)c1ccccc1. The largest absolute Gasteiger partial charge is 0.288 e. The van der Waals surface area contributed by atoms with E-state index in [4.69, 9.17) is 0 Å². The predicted octanol–water partition coefficient (Wildman–Crippen LogP) is 4.80. The number of hydrogen-bond acceptors (Lipinski definition) is 1. The predicted molar refractivity (Wildman–Crippen MR) is 101 cm³/mol. The van der Waals surface area contributed by atoms with E-state index in [1.807, 2.05) is 84.9 Å². The molecule has 3 rings (SSSR count). The Hall–Kier alpha value is -1.96. The van der Waals surface area contributed by atoms with E-state index in [2.05, 4.69) is 20.7 Å². The van der Waals surface area contributed by atoms with Gasteiger partial charge in [-0.2, -0.15) is 0 Å². The Balaban J connectivity index is 2.06. The molecule has 0 atom stereocenters. The summed E-state index contributed by atoms with van der Waals surface area (Å²) in [4.78, 5) is 0. The zero-order chi connectivity index (χ0) is 16.1. The van der Waals surface area contributed by atoms with E-state index >= 15 is 0 Å². The first-order valence-corrected chi connectivity index (χ1v) is 9.66. The van der Waals surface area contributed by atoms with Crippen LogP contribution in [-0.4, -0.2) is 6.21 Å². The summed E-state index contributed by atoms with van der Waals surface area (Å²) in [5.74, 6) is 0. The van der Waals surface area contributed by atoms with Crippen molar-refractivity contribution < 1.29 is 4.57 Å². The van der Waals surface area contributed by atoms with Gasteiger partial charge in [-0.1, -0.05) is 64.5 Å². The molecule has 0 N–H and O–H groups in total. The van der Waals surface area contributed by atoms with Gasteiger partial charge in [-0.15, -0.1) is 0 Å². The Morgan fingerprint density at radius 3 is 1.70 bits per heavy atom. The lowest BCUT2D eigenvalue weighted by molar-refractivity contribution is 0.588. The van der Waals surface area contributed by atoms with Crippen LogP contribution in [0.15, 0.2) is 94.2 Å². The average Bonchev–Trinajstić information content (AvgIpc) is 2.62. The molecule has 0 spiro atoms. The Kier molecular flexibility index (Phi) is 4.90. The number of rotatable bonds is 4. The number of hydrogen-bond donors (Lipinski definition) is 0. The van der Waals surface area contributed by atoms with E-state index in [1.165, 1.54) is 0 Å². The van der Waals surface area contributed by atoms with Crippen LogP contribution in [0.5, 0.6) is 0 Å². The van der Waals surface area contributed by atoms with Gasteiger partial charge in [-0.05, 0) is 42.0 Å². The molecule has 23 heavy (non-hydrogen) atoms. The van der Waals surface area contributed by atoms with Gasteiger partial charge in [0.15, 0.2) is 0 Å². The molecule has 0 amide bonds.